The second kappa shape index (κ2) is 6.40. The molecule has 0 N–H and O–H groups in total. The molecule has 6 heteroatoms. The lowest BCUT2D eigenvalue weighted by Crippen LogP contribution is -2.21. The van der Waals surface area contributed by atoms with E-state index in [1.165, 1.54) is 0 Å². The molecule has 0 radical (unpaired) electrons. The zero-order valence-corrected chi connectivity index (χ0v) is 10.6. The van der Waals surface area contributed by atoms with E-state index in [0.29, 0.717) is 15.6 Å². The van der Waals surface area contributed by atoms with Crippen LogP contribution in [0.1, 0.15) is 12.5 Å². The molecule has 0 fully saturated rings. The Bertz CT molecular complexity index is 462. The third kappa shape index (κ3) is 3.56. The van der Waals surface area contributed by atoms with Crippen LogP contribution >= 0.6 is 23.2 Å². The molecule has 0 unspecified atom stereocenters. The van der Waals surface area contributed by atoms with Crippen molar-refractivity contribution >= 4 is 34.9 Å². The van der Waals surface area contributed by atoms with E-state index in [0.717, 1.165) is 0 Å². The third-order valence-corrected chi connectivity index (χ3v) is 2.75. The Labute approximate surface area is 109 Å². The molecular formula is C11H10Cl2N2O2. The van der Waals surface area contributed by atoms with Crippen LogP contribution in [-0.4, -0.2) is 23.1 Å². The average molecular weight is 273 g/mol. The maximum atomic E-state index is 11.4. The van der Waals surface area contributed by atoms with Crippen LogP contribution in [-0.2, 0) is 16.0 Å². The lowest BCUT2D eigenvalue weighted by Gasteiger charge is -2.03. The van der Waals surface area contributed by atoms with Gasteiger partial charge in [0.15, 0.2) is 0 Å². The van der Waals surface area contributed by atoms with Gasteiger partial charge in [0.25, 0.3) is 0 Å². The van der Waals surface area contributed by atoms with Crippen molar-refractivity contribution in [2.75, 3.05) is 6.61 Å². The summed E-state index contributed by atoms with van der Waals surface area (Å²) in [4.78, 5) is 14.3. The lowest BCUT2D eigenvalue weighted by molar-refractivity contribution is -0.140. The molecule has 0 aliphatic heterocycles. The van der Waals surface area contributed by atoms with E-state index >= 15 is 0 Å². The predicted octanol–water partition coefficient (Wildman–Crippen LogP) is 2.77. The zero-order chi connectivity index (χ0) is 12.8. The van der Waals surface area contributed by atoms with Gasteiger partial charge in [-0.25, -0.2) is 4.79 Å². The van der Waals surface area contributed by atoms with Gasteiger partial charge in [0.05, 0.1) is 13.0 Å². The second-order valence-corrected chi connectivity index (χ2v) is 3.96. The molecule has 0 saturated carbocycles. The minimum Gasteiger partial charge on any atom is -0.457 e. The van der Waals surface area contributed by atoms with E-state index in [2.05, 4.69) is 4.79 Å². The van der Waals surface area contributed by atoms with E-state index in [-0.39, 0.29) is 18.7 Å². The van der Waals surface area contributed by atoms with Crippen LogP contribution < -0.4 is 0 Å². The summed E-state index contributed by atoms with van der Waals surface area (Å²) in [5.41, 5.74) is 9.15. The number of ether oxygens (including phenoxy) is 1. The van der Waals surface area contributed by atoms with Gasteiger partial charge in [-0.1, -0.05) is 29.3 Å². The number of nitrogens with zero attached hydrogens (tertiary/aromatic N) is 2. The van der Waals surface area contributed by atoms with Gasteiger partial charge in [0, 0.05) is 15.6 Å². The van der Waals surface area contributed by atoms with Gasteiger partial charge in [-0.2, -0.15) is 4.79 Å². The maximum absolute atomic E-state index is 11.4. The molecule has 0 amide bonds. The third-order valence-electron chi connectivity index (χ3n) is 2.04. The number of hydrogen-bond acceptors (Lipinski definition) is 2. The summed E-state index contributed by atoms with van der Waals surface area (Å²) in [6.07, 6.45) is 0.0217. The Morgan fingerprint density at radius 3 is 2.47 bits per heavy atom. The molecule has 17 heavy (non-hydrogen) atoms. The number of benzene rings is 1. The molecule has 4 nitrogen and oxygen atoms in total. The van der Waals surface area contributed by atoms with Gasteiger partial charge in [-0.05, 0) is 19.1 Å². The van der Waals surface area contributed by atoms with Gasteiger partial charge < -0.3 is 10.3 Å². The summed E-state index contributed by atoms with van der Waals surface area (Å²) in [5, 5.41) is 0.811. The molecule has 0 aliphatic rings. The highest BCUT2D eigenvalue weighted by Crippen LogP contribution is 2.24. The fourth-order valence-corrected chi connectivity index (χ4v) is 1.76. The normalized spacial score (nSPS) is 9.59. The van der Waals surface area contributed by atoms with Crippen molar-refractivity contribution in [1.82, 2.24) is 0 Å². The van der Waals surface area contributed by atoms with E-state index in [1.54, 1.807) is 25.1 Å². The van der Waals surface area contributed by atoms with E-state index < -0.39 is 5.97 Å². The fraction of sp³-hybridized carbons (Fsp3) is 0.273. The molecule has 0 spiro atoms. The number of halogens is 2. The Balaban J connectivity index is 2.97. The molecule has 0 heterocycles. The number of carbonyl (C=O) groups is 1. The fourth-order valence-electron chi connectivity index (χ4n) is 1.23. The monoisotopic (exact) mass is 272 g/mol. The number of esters is 1. The predicted molar refractivity (Wildman–Crippen MR) is 65.4 cm³/mol. The first-order valence-corrected chi connectivity index (χ1v) is 5.66. The number of hydrogen-bond donors (Lipinski definition) is 0. The number of carbonyl (C=O) groups excluding carboxylic acids is 1. The Kier molecular flexibility index (Phi) is 5.16. The van der Waals surface area contributed by atoms with E-state index in [9.17, 15) is 4.79 Å². The van der Waals surface area contributed by atoms with Crippen LogP contribution in [0.4, 0.5) is 0 Å². The van der Waals surface area contributed by atoms with Crippen LogP contribution in [0.2, 0.25) is 10.0 Å². The van der Waals surface area contributed by atoms with Gasteiger partial charge in [0.1, 0.15) is 0 Å². The second-order valence-electron chi connectivity index (χ2n) is 3.14. The summed E-state index contributed by atoms with van der Waals surface area (Å²) in [6, 6.07) is 4.97. The molecule has 0 saturated heterocycles. The molecule has 0 bridgehead atoms. The lowest BCUT2D eigenvalue weighted by atomic mass is 10.1. The van der Waals surface area contributed by atoms with Crippen molar-refractivity contribution in [1.29, 1.82) is 0 Å². The van der Waals surface area contributed by atoms with Crippen molar-refractivity contribution in [3.8, 4) is 0 Å². The minimum absolute atomic E-state index is 0.0217. The maximum Gasteiger partial charge on any atom is 0.417 e. The number of rotatable bonds is 4. The molecule has 0 atom stereocenters. The molecule has 1 rings (SSSR count). The summed E-state index contributed by atoms with van der Waals surface area (Å²) < 4.78 is 4.73. The van der Waals surface area contributed by atoms with Crippen LogP contribution in [0, 0.1) is 0 Å². The first-order chi connectivity index (χ1) is 8.10. The SMILES string of the molecule is CCOC(=O)C(Cc1c(Cl)cccc1Cl)=[N+]=[N-]. The van der Waals surface area contributed by atoms with Crippen molar-refractivity contribution in [2.24, 2.45) is 0 Å². The smallest absolute Gasteiger partial charge is 0.417 e. The standard InChI is InChI=1S/C11H10Cl2N2O2/c1-2-17-11(16)10(15-14)6-7-8(12)4-3-5-9(7)13/h3-5H,2,6H2,1H3. The van der Waals surface area contributed by atoms with Crippen LogP contribution in [0.5, 0.6) is 0 Å². The van der Waals surface area contributed by atoms with Crippen molar-refractivity contribution in [3.63, 3.8) is 0 Å². The van der Waals surface area contributed by atoms with Crippen LogP contribution in [0.15, 0.2) is 18.2 Å². The van der Waals surface area contributed by atoms with Crippen LogP contribution in [0.25, 0.3) is 5.53 Å². The van der Waals surface area contributed by atoms with Gasteiger partial charge in [-0.3, -0.25) is 0 Å². The van der Waals surface area contributed by atoms with Crippen molar-refractivity contribution < 1.29 is 14.3 Å². The Morgan fingerprint density at radius 2 is 2.00 bits per heavy atom. The largest absolute Gasteiger partial charge is 0.457 e. The van der Waals surface area contributed by atoms with Crippen molar-refractivity contribution in [3.05, 3.63) is 39.3 Å². The quantitative estimate of drug-likeness (QED) is 0.366. The van der Waals surface area contributed by atoms with Gasteiger partial charge >= 0.3 is 11.7 Å². The summed E-state index contributed by atoms with van der Waals surface area (Å²) in [6.45, 7) is 1.86. The summed E-state index contributed by atoms with van der Waals surface area (Å²) in [5.74, 6) is -0.689. The van der Waals surface area contributed by atoms with Gasteiger partial charge in [-0.15, -0.1) is 0 Å². The first-order valence-electron chi connectivity index (χ1n) is 4.91. The van der Waals surface area contributed by atoms with E-state index in [1.807, 2.05) is 0 Å². The molecule has 1 aromatic rings. The topological polar surface area (TPSA) is 62.7 Å². The molecule has 1 aromatic carbocycles. The van der Waals surface area contributed by atoms with Gasteiger partial charge in [0.2, 0.25) is 0 Å². The first kappa shape index (κ1) is 13.7. The zero-order valence-electron chi connectivity index (χ0n) is 9.11. The van der Waals surface area contributed by atoms with Crippen LogP contribution in [0.3, 0.4) is 0 Å². The highest BCUT2D eigenvalue weighted by Gasteiger charge is 2.24. The minimum atomic E-state index is -0.689. The Morgan fingerprint density at radius 1 is 1.41 bits per heavy atom. The molecule has 0 aromatic heterocycles. The molecular weight excluding hydrogens is 263 g/mol. The highest BCUT2D eigenvalue weighted by atomic mass is 35.5. The molecule has 0 aliphatic carbocycles. The average Bonchev–Trinajstić information content (AvgIpc) is 2.29. The summed E-state index contributed by atoms with van der Waals surface area (Å²) in [7, 11) is 0. The summed E-state index contributed by atoms with van der Waals surface area (Å²) >= 11 is 11.9. The highest BCUT2D eigenvalue weighted by molar-refractivity contribution is 6.39. The Hall–Kier alpha value is -1.35. The van der Waals surface area contributed by atoms with Crippen molar-refractivity contribution in [2.45, 2.75) is 13.3 Å². The van der Waals surface area contributed by atoms with E-state index in [4.69, 9.17) is 33.5 Å². The molecule has 90 valence electrons.